The molecule has 4 nitrogen and oxygen atoms in total. The molecule has 0 aliphatic heterocycles. The molecule has 66 valence electrons. The van der Waals surface area contributed by atoms with Gasteiger partial charge in [-0.2, -0.15) is 23.0 Å². The van der Waals surface area contributed by atoms with Crippen LogP contribution in [0.1, 0.15) is 5.69 Å². The Hall–Kier alpha value is -1.53. The zero-order valence-corrected chi connectivity index (χ0v) is 5.67. The molecule has 0 radical (unpaired) electrons. The molecule has 0 spiro atoms. The standard InChI is InChI=1S/C5H4F3N3O/c6-5(7,8)3-1-2-11(10-3)4(9)12/h1-2H,(H2,9,12). The summed E-state index contributed by atoms with van der Waals surface area (Å²) in [5.74, 6) is 0. The molecule has 0 aliphatic rings. The van der Waals surface area contributed by atoms with E-state index in [-0.39, 0.29) is 0 Å². The molecule has 0 unspecified atom stereocenters. The normalized spacial score (nSPS) is 11.6. The Bertz CT molecular complexity index is 303. The first-order chi connectivity index (χ1) is 5.41. The Morgan fingerprint density at radius 2 is 2.17 bits per heavy atom. The van der Waals surface area contributed by atoms with Gasteiger partial charge in [0.2, 0.25) is 0 Å². The van der Waals surface area contributed by atoms with Gasteiger partial charge in [-0.1, -0.05) is 0 Å². The number of primary amides is 1. The summed E-state index contributed by atoms with van der Waals surface area (Å²) in [6, 6.07) is -0.379. The summed E-state index contributed by atoms with van der Waals surface area (Å²) in [6.07, 6.45) is -3.69. The number of rotatable bonds is 0. The molecule has 0 saturated heterocycles. The highest BCUT2D eigenvalue weighted by molar-refractivity contribution is 5.73. The number of amides is 1. The number of halogens is 3. The fraction of sp³-hybridized carbons (Fsp3) is 0.200. The third-order valence-corrected chi connectivity index (χ3v) is 1.11. The lowest BCUT2D eigenvalue weighted by Gasteiger charge is -1.99. The second-order valence-electron chi connectivity index (χ2n) is 1.98. The van der Waals surface area contributed by atoms with Crippen LogP contribution in [-0.2, 0) is 6.18 Å². The third-order valence-electron chi connectivity index (χ3n) is 1.11. The van der Waals surface area contributed by atoms with Crippen molar-refractivity contribution in [3.05, 3.63) is 18.0 Å². The molecule has 1 heterocycles. The van der Waals surface area contributed by atoms with Crippen LogP contribution in [0.2, 0.25) is 0 Å². The third kappa shape index (κ3) is 1.55. The number of nitrogens with two attached hydrogens (primary N) is 1. The van der Waals surface area contributed by atoms with E-state index in [1.807, 2.05) is 0 Å². The smallest absolute Gasteiger partial charge is 0.350 e. The van der Waals surface area contributed by atoms with E-state index in [1.165, 1.54) is 0 Å². The van der Waals surface area contributed by atoms with E-state index in [0.29, 0.717) is 10.7 Å². The van der Waals surface area contributed by atoms with Crippen LogP contribution in [0.3, 0.4) is 0 Å². The lowest BCUT2D eigenvalue weighted by atomic mass is 10.4. The van der Waals surface area contributed by atoms with Gasteiger partial charge in [-0.25, -0.2) is 4.79 Å². The molecule has 0 atom stereocenters. The van der Waals surface area contributed by atoms with Gasteiger partial charge in [0.1, 0.15) is 0 Å². The van der Waals surface area contributed by atoms with Gasteiger partial charge >= 0.3 is 12.2 Å². The van der Waals surface area contributed by atoms with Crippen molar-refractivity contribution >= 4 is 6.03 Å². The van der Waals surface area contributed by atoms with Crippen LogP contribution in [0.4, 0.5) is 18.0 Å². The molecule has 7 heteroatoms. The van der Waals surface area contributed by atoms with Gasteiger partial charge < -0.3 is 5.73 Å². The van der Waals surface area contributed by atoms with Crippen molar-refractivity contribution in [2.24, 2.45) is 5.73 Å². The van der Waals surface area contributed by atoms with Crippen LogP contribution in [0.15, 0.2) is 12.3 Å². The van der Waals surface area contributed by atoms with Gasteiger partial charge in [-0.3, -0.25) is 0 Å². The molecule has 2 N–H and O–H groups in total. The zero-order chi connectivity index (χ0) is 9.35. The summed E-state index contributed by atoms with van der Waals surface area (Å²) in [4.78, 5) is 10.3. The van der Waals surface area contributed by atoms with Crippen molar-refractivity contribution in [3.63, 3.8) is 0 Å². The summed E-state index contributed by atoms with van der Waals surface area (Å²) in [5.41, 5.74) is 3.53. The minimum Gasteiger partial charge on any atom is -0.350 e. The summed E-state index contributed by atoms with van der Waals surface area (Å²) in [6.45, 7) is 0. The molecule has 0 aromatic carbocycles. The first-order valence-corrected chi connectivity index (χ1v) is 2.84. The molecule has 0 fully saturated rings. The molecular formula is C5H4F3N3O. The van der Waals surface area contributed by atoms with E-state index in [4.69, 9.17) is 0 Å². The SMILES string of the molecule is NC(=O)n1ccc(C(F)(F)F)n1. The molecule has 1 aromatic rings. The van der Waals surface area contributed by atoms with Gasteiger partial charge in [0.05, 0.1) is 0 Å². The van der Waals surface area contributed by atoms with E-state index in [0.717, 1.165) is 6.20 Å². The minimum atomic E-state index is -4.54. The predicted molar refractivity (Wildman–Crippen MR) is 32.2 cm³/mol. The number of hydrogen-bond acceptors (Lipinski definition) is 2. The van der Waals surface area contributed by atoms with Crippen molar-refractivity contribution in [2.75, 3.05) is 0 Å². The molecule has 0 bridgehead atoms. The van der Waals surface area contributed by atoms with Gasteiger partial charge in [0, 0.05) is 6.20 Å². The largest absolute Gasteiger partial charge is 0.435 e. The molecule has 1 rings (SSSR count). The number of carbonyl (C=O) groups is 1. The van der Waals surface area contributed by atoms with E-state index < -0.39 is 17.9 Å². The average molecular weight is 179 g/mol. The quantitative estimate of drug-likeness (QED) is 0.641. The maximum Gasteiger partial charge on any atom is 0.435 e. The van der Waals surface area contributed by atoms with E-state index >= 15 is 0 Å². The number of nitrogens with zero attached hydrogens (tertiary/aromatic N) is 2. The first-order valence-electron chi connectivity index (χ1n) is 2.84. The van der Waals surface area contributed by atoms with Crippen molar-refractivity contribution < 1.29 is 18.0 Å². The van der Waals surface area contributed by atoms with Gasteiger partial charge in [0.25, 0.3) is 0 Å². The Morgan fingerprint density at radius 1 is 1.58 bits per heavy atom. The number of hydrogen-bond donors (Lipinski definition) is 1. The number of alkyl halides is 3. The minimum absolute atomic E-state index is 0.419. The molecular weight excluding hydrogens is 175 g/mol. The van der Waals surface area contributed by atoms with Crippen LogP contribution >= 0.6 is 0 Å². The van der Waals surface area contributed by atoms with Crippen molar-refractivity contribution in [3.8, 4) is 0 Å². The lowest BCUT2D eigenvalue weighted by Crippen LogP contribution is -2.20. The van der Waals surface area contributed by atoms with E-state index in [2.05, 4.69) is 10.8 Å². The van der Waals surface area contributed by atoms with E-state index in [1.54, 1.807) is 0 Å². The van der Waals surface area contributed by atoms with Crippen molar-refractivity contribution in [1.82, 2.24) is 9.78 Å². The maximum atomic E-state index is 11.8. The lowest BCUT2D eigenvalue weighted by molar-refractivity contribution is -0.141. The highest BCUT2D eigenvalue weighted by atomic mass is 19.4. The van der Waals surface area contributed by atoms with Gasteiger partial charge in [0.15, 0.2) is 5.69 Å². The molecule has 1 amide bonds. The monoisotopic (exact) mass is 179 g/mol. The highest BCUT2D eigenvalue weighted by Gasteiger charge is 2.33. The fourth-order valence-corrected chi connectivity index (χ4v) is 0.598. The summed E-state index contributed by atoms with van der Waals surface area (Å²) in [5, 5.41) is 2.90. The molecule has 1 aromatic heterocycles. The number of carbonyl (C=O) groups excluding carboxylic acids is 1. The van der Waals surface area contributed by atoms with Crippen LogP contribution in [-0.4, -0.2) is 15.8 Å². The molecule has 0 saturated carbocycles. The van der Waals surface area contributed by atoms with Crippen molar-refractivity contribution in [1.29, 1.82) is 0 Å². The topological polar surface area (TPSA) is 60.9 Å². The Morgan fingerprint density at radius 3 is 2.42 bits per heavy atom. The molecule has 0 aliphatic carbocycles. The highest BCUT2D eigenvalue weighted by Crippen LogP contribution is 2.26. The van der Waals surface area contributed by atoms with Crippen LogP contribution < -0.4 is 5.73 Å². The second kappa shape index (κ2) is 2.50. The second-order valence-corrected chi connectivity index (χ2v) is 1.98. The summed E-state index contributed by atoms with van der Waals surface area (Å²) in [7, 11) is 0. The average Bonchev–Trinajstić information content (AvgIpc) is 2.30. The Kier molecular flexibility index (Phi) is 1.79. The van der Waals surface area contributed by atoms with Crippen LogP contribution in [0, 0.1) is 0 Å². The van der Waals surface area contributed by atoms with E-state index in [9.17, 15) is 18.0 Å². The molecule has 12 heavy (non-hydrogen) atoms. The summed E-state index contributed by atoms with van der Waals surface area (Å²) < 4.78 is 35.9. The van der Waals surface area contributed by atoms with Crippen LogP contribution in [0.5, 0.6) is 0 Å². The number of aromatic nitrogens is 2. The Labute approximate surface area is 64.8 Å². The van der Waals surface area contributed by atoms with Crippen molar-refractivity contribution in [2.45, 2.75) is 6.18 Å². The van der Waals surface area contributed by atoms with Gasteiger partial charge in [-0.05, 0) is 6.07 Å². The van der Waals surface area contributed by atoms with Crippen LogP contribution in [0.25, 0.3) is 0 Å². The van der Waals surface area contributed by atoms with Gasteiger partial charge in [-0.15, -0.1) is 0 Å². The Balaban J connectivity index is 3.00. The first kappa shape index (κ1) is 8.57. The maximum absolute atomic E-state index is 11.8. The summed E-state index contributed by atoms with van der Waals surface area (Å²) >= 11 is 0. The zero-order valence-electron chi connectivity index (χ0n) is 5.67. The fourth-order valence-electron chi connectivity index (χ4n) is 0.598. The predicted octanol–water partition coefficient (Wildman–Crippen LogP) is 0.829.